The van der Waals surface area contributed by atoms with Gasteiger partial charge >= 0.3 is 6.18 Å². The summed E-state index contributed by atoms with van der Waals surface area (Å²) in [5.74, 6) is 0.568. The molecule has 4 nitrogen and oxygen atoms in total. The van der Waals surface area contributed by atoms with Crippen molar-refractivity contribution in [2.75, 3.05) is 32.8 Å². The molecular formula is C19H26ClF3N2O2. The first-order chi connectivity index (χ1) is 12.4. The standard InChI is InChI=1S/C19H25F3N2O2.ClH/c20-19(21,22)16-3-1-2-15(10-16)18(6-8-26-9-7-18)13-24-17(25)12-23-11-14-4-5-14;/h1-3,10,14,23H,4-9,11-13H2,(H,24,25);1H. The number of carbonyl (C=O) groups excluding carboxylic acids is 1. The molecule has 1 saturated heterocycles. The Kier molecular flexibility index (Phi) is 7.54. The van der Waals surface area contributed by atoms with Crippen LogP contribution in [0.3, 0.4) is 0 Å². The molecule has 0 atom stereocenters. The number of benzene rings is 1. The fourth-order valence-electron chi connectivity index (χ4n) is 3.40. The van der Waals surface area contributed by atoms with Crippen LogP contribution in [0.4, 0.5) is 13.2 Å². The molecule has 0 unspecified atom stereocenters. The third-order valence-electron chi connectivity index (χ3n) is 5.29. The molecule has 1 aromatic rings. The lowest BCUT2D eigenvalue weighted by molar-refractivity contribution is -0.137. The zero-order chi connectivity index (χ0) is 18.6. The van der Waals surface area contributed by atoms with Crippen molar-refractivity contribution in [3.8, 4) is 0 Å². The van der Waals surface area contributed by atoms with E-state index in [4.69, 9.17) is 4.74 Å². The molecule has 27 heavy (non-hydrogen) atoms. The molecule has 3 rings (SSSR count). The van der Waals surface area contributed by atoms with Crippen LogP contribution in [-0.4, -0.2) is 38.8 Å². The SMILES string of the molecule is Cl.O=C(CNCC1CC1)NCC1(c2cccc(C(F)(F)F)c2)CCOCC1. The normalized spacial score (nSPS) is 19.2. The Bertz CT molecular complexity index is 630. The number of rotatable bonds is 7. The van der Waals surface area contributed by atoms with E-state index in [-0.39, 0.29) is 24.9 Å². The number of ether oxygens (including phenoxy) is 1. The zero-order valence-corrected chi connectivity index (χ0v) is 15.9. The highest BCUT2D eigenvalue weighted by molar-refractivity contribution is 5.85. The van der Waals surface area contributed by atoms with E-state index in [0.29, 0.717) is 44.1 Å². The lowest BCUT2D eigenvalue weighted by Crippen LogP contribution is -2.46. The molecule has 0 radical (unpaired) electrons. The molecule has 152 valence electrons. The average molecular weight is 407 g/mol. The maximum Gasteiger partial charge on any atom is 0.416 e. The highest BCUT2D eigenvalue weighted by atomic mass is 35.5. The molecule has 1 aliphatic heterocycles. The van der Waals surface area contributed by atoms with E-state index in [9.17, 15) is 18.0 Å². The van der Waals surface area contributed by atoms with Gasteiger partial charge in [-0.05, 0) is 49.8 Å². The van der Waals surface area contributed by atoms with Gasteiger partial charge in [-0.2, -0.15) is 13.2 Å². The van der Waals surface area contributed by atoms with Crippen molar-refractivity contribution in [2.45, 2.75) is 37.3 Å². The van der Waals surface area contributed by atoms with Crippen LogP contribution in [0.15, 0.2) is 24.3 Å². The lowest BCUT2D eigenvalue weighted by Gasteiger charge is -2.38. The van der Waals surface area contributed by atoms with Crippen LogP contribution in [0.1, 0.15) is 36.8 Å². The first kappa shape index (κ1) is 22.0. The highest BCUT2D eigenvalue weighted by Gasteiger charge is 2.37. The molecule has 0 aromatic heterocycles. The Morgan fingerprint density at radius 1 is 1.22 bits per heavy atom. The summed E-state index contributed by atoms with van der Waals surface area (Å²) in [6, 6.07) is 5.45. The van der Waals surface area contributed by atoms with Crippen molar-refractivity contribution in [1.82, 2.24) is 10.6 Å². The monoisotopic (exact) mass is 406 g/mol. The summed E-state index contributed by atoms with van der Waals surface area (Å²) in [7, 11) is 0. The summed E-state index contributed by atoms with van der Waals surface area (Å²) < 4.78 is 44.6. The molecule has 1 amide bonds. The summed E-state index contributed by atoms with van der Waals surface area (Å²) in [5, 5.41) is 6.04. The van der Waals surface area contributed by atoms with Crippen LogP contribution in [0.5, 0.6) is 0 Å². The molecule has 0 spiro atoms. The van der Waals surface area contributed by atoms with Crippen molar-refractivity contribution < 1.29 is 22.7 Å². The fraction of sp³-hybridized carbons (Fsp3) is 0.632. The van der Waals surface area contributed by atoms with Crippen LogP contribution < -0.4 is 10.6 Å². The van der Waals surface area contributed by atoms with Crippen molar-refractivity contribution in [2.24, 2.45) is 5.92 Å². The van der Waals surface area contributed by atoms with Gasteiger partial charge in [0.1, 0.15) is 0 Å². The maximum absolute atomic E-state index is 13.1. The first-order valence-corrected chi connectivity index (χ1v) is 9.12. The van der Waals surface area contributed by atoms with Gasteiger partial charge in [-0.3, -0.25) is 4.79 Å². The van der Waals surface area contributed by atoms with E-state index in [1.54, 1.807) is 6.07 Å². The van der Waals surface area contributed by atoms with Gasteiger partial charge < -0.3 is 15.4 Å². The smallest absolute Gasteiger partial charge is 0.381 e. The predicted molar refractivity (Wildman–Crippen MR) is 99.0 cm³/mol. The lowest BCUT2D eigenvalue weighted by atomic mass is 9.73. The van der Waals surface area contributed by atoms with Crippen molar-refractivity contribution in [3.63, 3.8) is 0 Å². The molecule has 2 aliphatic rings. The number of nitrogens with one attached hydrogen (secondary N) is 2. The third-order valence-corrected chi connectivity index (χ3v) is 5.29. The molecule has 1 heterocycles. The van der Waals surface area contributed by atoms with Gasteiger partial charge in [0.25, 0.3) is 0 Å². The second kappa shape index (κ2) is 9.26. The number of amides is 1. The van der Waals surface area contributed by atoms with Gasteiger partial charge in [-0.15, -0.1) is 12.4 Å². The molecule has 8 heteroatoms. The van der Waals surface area contributed by atoms with E-state index in [1.165, 1.54) is 25.0 Å². The van der Waals surface area contributed by atoms with Crippen molar-refractivity contribution in [3.05, 3.63) is 35.4 Å². The second-order valence-corrected chi connectivity index (χ2v) is 7.32. The zero-order valence-electron chi connectivity index (χ0n) is 15.1. The quantitative estimate of drug-likeness (QED) is 0.730. The van der Waals surface area contributed by atoms with Crippen LogP contribution in [0.25, 0.3) is 0 Å². The molecular weight excluding hydrogens is 381 g/mol. The van der Waals surface area contributed by atoms with E-state index < -0.39 is 17.2 Å². The van der Waals surface area contributed by atoms with E-state index in [0.717, 1.165) is 12.6 Å². The minimum Gasteiger partial charge on any atom is -0.381 e. The van der Waals surface area contributed by atoms with Crippen molar-refractivity contribution >= 4 is 18.3 Å². The number of hydrogen-bond donors (Lipinski definition) is 2. The Morgan fingerprint density at radius 2 is 1.93 bits per heavy atom. The van der Waals surface area contributed by atoms with Crippen LogP contribution in [0.2, 0.25) is 0 Å². The minimum atomic E-state index is -4.38. The number of hydrogen-bond acceptors (Lipinski definition) is 3. The van der Waals surface area contributed by atoms with Crippen LogP contribution in [0, 0.1) is 5.92 Å². The minimum absolute atomic E-state index is 0. The van der Waals surface area contributed by atoms with E-state index in [1.807, 2.05) is 0 Å². The highest BCUT2D eigenvalue weighted by Crippen LogP contribution is 2.37. The summed E-state index contributed by atoms with van der Waals surface area (Å²) >= 11 is 0. The first-order valence-electron chi connectivity index (χ1n) is 9.12. The molecule has 1 saturated carbocycles. The number of alkyl halides is 3. The van der Waals surface area contributed by atoms with Crippen molar-refractivity contribution in [1.29, 1.82) is 0 Å². The molecule has 0 bridgehead atoms. The Labute approximate surface area is 163 Å². The van der Waals surface area contributed by atoms with Gasteiger partial charge in [0.05, 0.1) is 12.1 Å². The third kappa shape index (κ3) is 6.09. The van der Waals surface area contributed by atoms with Gasteiger partial charge in [0.2, 0.25) is 5.91 Å². The summed E-state index contributed by atoms with van der Waals surface area (Å²) in [6.07, 6.45) is -0.771. The van der Waals surface area contributed by atoms with Gasteiger partial charge in [-0.25, -0.2) is 0 Å². The Hall–Kier alpha value is -1.31. The topological polar surface area (TPSA) is 50.4 Å². The van der Waals surface area contributed by atoms with Gasteiger partial charge in [-0.1, -0.05) is 18.2 Å². The van der Waals surface area contributed by atoms with Crippen LogP contribution in [-0.2, 0) is 21.1 Å². The molecule has 1 aliphatic carbocycles. The van der Waals surface area contributed by atoms with E-state index >= 15 is 0 Å². The van der Waals surface area contributed by atoms with Gasteiger partial charge in [0, 0.05) is 25.2 Å². The number of halogens is 4. The Balaban J connectivity index is 0.00000261. The summed E-state index contributed by atoms with van der Waals surface area (Å²) in [4.78, 5) is 12.1. The molecule has 2 fully saturated rings. The fourth-order valence-corrected chi connectivity index (χ4v) is 3.40. The average Bonchev–Trinajstić information content (AvgIpc) is 3.45. The van der Waals surface area contributed by atoms with E-state index in [2.05, 4.69) is 10.6 Å². The second-order valence-electron chi connectivity index (χ2n) is 7.32. The largest absolute Gasteiger partial charge is 0.416 e. The van der Waals surface area contributed by atoms with Crippen LogP contribution >= 0.6 is 12.4 Å². The molecule has 2 N–H and O–H groups in total. The number of carbonyl (C=O) groups is 1. The predicted octanol–water partition coefficient (Wildman–Crippen LogP) is 3.29. The Morgan fingerprint density at radius 3 is 2.56 bits per heavy atom. The summed E-state index contributed by atoms with van der Waals surface area (Å²) in [5.41, 5.74) is -0.564. The maximum atomic E-state index is 13.1. The van der Waals surface area contributed by atoms with Gasteiger partial charge in [0.15, 0.2) is 0 Å². The molecule has 1 aromatic carbocycles. The summed E-state index contributed by atoms with van der Waals surface area (Å²) in [6.45, 7) is 2.37.